The fraction of sp³-hybridized carbons (Fsp3) is 0.385. The van der Waals surface area contributed by atoms with Crippen LogP contribution in [0.4, 0.5) is 4.79 Å². The number of carbonyl (C=O) groups is 2. The largest absolute Gasteiger partial charge is 0.496 e. The lowest BCUT2D eigenvalue weighted by molar-refractivity contribution is -0.130. The summed E-state index contributed by atoms with van der Waals surface area (Å²) in [5.74, 6) is 1.13. The van der Waals surface area contributed by atoms with Crippen LogP contribution in [-0.4, -0.2) is 77.8 Å². The van der Waals surface area contributed by atoms with Crippen LogP contribution in [0.25, 0.3) is 33.6 Å². The lowest BCUT2D eigenvalue weighted by Gasteiger charge is -2.39. The topological polar surface area (TPSA) is 106 Å². The van der Waals surface area contributed by atoms with Crippen LogP contribution in [0.1, 0.15) is 51.7 Å². The van der Waals surface area contributed by atoms with Gasteiger partial charge in [-0.05, 0) is 64.9 Å². The fourth-order valence-corrected chi connectivity index (χ4v) is 6.92. The Balaban J connectivity index is 1.46. The van der Waals surface area contributed by atoms with Crippen LogP contribution in [0, 0.1) is 0 Å². The fourth-order valence-electron chi connectivity index (χ4n) is 6.27. The lowest BCUT2D eigenvalue weighted by atomic mass is 9.99. The van der Waals surface area contributed by atoms with Crippen molar-refractivity contribution in [3.05, 3.63) is 82.0 Å². The minimum Gasteiger partial charge on any atom is -0.496 e. The minimum absolute atomic E-state index is 0.0313. The quantitative estimate of drug-likeness (QED) is 0.174. The molecular formula is C39H45Cl2N5O5. The van der Waals surface area contributed by atoms with Crippen LogP contribution < -0.4 is 14.8 Å². The van der Waals surface area contributed by atoms with Gasteiger partial charge in [0, 0.05) is 72.2 Å². The van der Waals surface area contributed by atoms with E-state index in [0.29, 0.717) is 70.9 Å². The van der Waals surface area contributed by atoms with Crippen molar-refractivity contribution in [1.29, 1.82) is 0 Å². The van der Waals surface area contributed by atoms with Gasteiger partial charge in [0.15, 0.2) is 0 Å². The van der Waals surface area contributed by atoms with Crippen LogP contribution in [0.2, 0.25) is 10.0 Å². The van der Waals surface area contributed by atoms with Gasteiger partial charge in [-0.1, -0.05) is 53.5 Å². The highest BCUT2D eigenvalue weighted by Crippen LogP contribution is 2.42. The summed E-state index contributed by atoms with van der Waals surface area (Å²) in [6, 6.07) is 17.1. The first-order valence-corrected chi connectivity index (χ1v) is 17.7. The zero-order valence-electron chi connectivity index (χ0n) is 30.2. The van der Waals surface area contributed by atoms with E-state index < -0.39 is 11.7 Å². The highest BCUT2D eigenvalue weighted by Gasteiger charge is 2.33. The predicted octanol–water partition coefficient (Wildman–Crippen LogP) is 8.27. The molecular weight excluding hydrogens is 689 g/mol. The van der Waals surface area contributed by atoms with Crippen molar-refractivity contribution in [3.8, 4) is 45.3 Å². The SMILES string of the molecule is CNCc1ccc(-c2nccc(-c3cccc(-c4ccc(CN(C(=O)OC(C)(C)C)C5CCN(C(C)=O)CC5)c(OC)n4)c3Cl)c2Cl)cc1OC. The van der Waals surface area contributed by atoms with E-state index in [1.807, 2.05) is 82.4 Å². The second-order valence-corrected chi connectivity index (χ2v) is 14.2. The summed E-state index contributed by atoms with van der Waals surface area (Å²) in [7, 11) is 5.08. The van der Waals surface area contributed by atoms with Crippen molar-refractivity contribution in [2.24, 2.45) is 0 Å². The van der Waals surface area contributed by atoms with Gasteiger partial charge in [-0.2, -0.15) is 0 Å². The third-order valence-electron chi connectivity index (χ3n) is 8.83. The van der Waals surface area contributed by atoms with Gasteiger partial charge in [-0.15, -0.1) is 0 Å². The maximum atomic E-state index is 13.5. The Morgan fingerprint density at radius 1 is 0.941 bits per heavy atom. The monoisotopic (exact) mass is 733 g/mol. The third-order valence-corrected chi connectivity index (χ3v) is 9.62. The van der Waals surface area contributed by atoms with E-state index in [2.05, 4.69) is 10.3 Å². The maximum absolute atomic E-state index is 13.5. The molecule has 51 heavy (non-hydrogen) atoms. The summed E-state index contributed by atoms with van der Waals surface area (Å²) < 4.78 is 17.2. The first-order chi connectivity index (χ1) is 24.3. The second-order valence-electron chi connectivity index (χ2n) is 13.5. The number of ether oxygens (including phenoxy) is 3. The molecule has 0 unspecified atom stereocenters. The first kappa shape index (κ1) is 37.9. The molecule has 2 aromatic carbocycles. The Bertz CT molecular complexity index is 1890. The number of methoxy groups -OCH3 is 2. The average Bonchev–Trinajstić information content (AvgIpc) is 3.10. The molecule has 270 valence electrons. The number of rotatable bonds is 10. The predicted molar refractivity (Wildman–Crippen MR) is 201 cm³/mol. The van der Waals surface area contributed by atoms with E-state index in [4.69, 9.17) is 42.4 Å². The summed E-state index contributed by atoms with van der Waals surface area (Å²) in [5, 5.41) is 4.07. The number of pyridine rings is 2. The van der Waals surface area contributed by atoms with Gasteiger partial charge in [0.2, 0.25) is 11.8 Å². The number of amides is 2. The van der Waals surface area contributed by atoms with Crippen LogP contribution >= 0.6 is 23.2 Å². The normalized spacial score (nSPS) is 13.5. The maximum Gasteiger partial charge on any atom is 0.410 e. The first-order valence-electron chi connectivity index (χ1n) is 16.9. The van der Waals surface area contributed by atoms with Gasteiger partial charge in [-0.3, -0.25) is 9.78 Å². The van der Waals surface area contributed by atoms with Crippen molar-refractivity contribution >= 4 is 35.2 Å². The van der Waals surface area contributed by atoms with E-state index in [0.717, 1.165) is 28.0 Å². The molecule has 5 rings (SSSR count). The van der Waals surface area contributed by atoms with Gasteiger partial charge in [0.1, 0.15) is 11.4 Å². The standard InChI is InChI=1S/C39H45Cl2N5O5/c1-24(47)45-19-16-28(17-20-45)46(38(48)51-39(2,3)4)23-27-13-14-32(44-37(27)50-7)31-10-8-9-29(34(31)40)30-15-18-43-36(35(30)41)25-11-12-26(22-42-5)33(21-25)49-6/h8-15,18,21,28,42H,16-17,19-20,22-23H2,1-7H3. The summed E-state index contributed by atoms with van der Waals surface area (Å²) in [4.78, 5) is 38.5. The van der Waals surface area contributed by atoms with E-state index in [-0.39, 0.29) is 18.5 Å². The van der Waals surface area contributed by atoms with Gasteiger partial charge in [-0.25, -0.2) is 9.78 Å². The van der Waals surface area contributed by atoms with Crippen molar-refractivity contribution in [1.82, 2.24) is 25.1 Å². The highest BCUT2D eigenvalue weighted by atomic mass is 35.5. The number of piperidine rings is 1. The molecule has 3 heterocycles. The Kier molecular flexibility index (Phi) is 12.1. The molecule has 0 bridgehead atoms. The van der Waals surface area contributed by atoms with Crippen LogP contribution in [0.3, 0.4) is 0 Å². The molecule has 10 nitrogen and oxygen atoms in total. The minimum atomic E-state index is -0.675. The number of hydrogen-bond acceptors (Lipinski definition) is 8. The molecule has 1 N–H and O–H groups in total. The molecule has 1 saturated heterocycles. The molecule has 1 aliphatic heterocycles. The summed E-state index contributed by atoms with van der Waals surface area (Å²) in [5.41, 5.74) is 5.21. The van der Waals surface area contributed by atoms with Gasteiger partial charge < -0.3 is 29.3 Å². The molecule has 1 aliphatic rings. The molecule has 1 fully saturated rings. The van der Waals surface area contributed by atoms with E-state index in [1.54, 1.807) is 37.1 Å². The zero-order valence-corrected chi connectivity index (χ0v) is 31.7. The number of nitrogens with one attached hydrogen (secondary N) is 1. The van der Waals surface area contributed by atoms with E-state index in [9.17, 15) is 9.59 Å². The molecule has 2 amide bonds. The van der Waals surface area contributed by atoms with Crippen LogP contribution in [0.15, 0.2) is 60.8 Å². The molecule has 4 aromatic rings. The number of halogens is 2. The van der Waals surface area contributed by atoms with E-state index >= 15 is 0 Å². The highest BCUT2D eigenvalue weighted by molar-refractivity contribution is 6.39. The number of likely N-dealkylation sites (tertiary alicyclic amines) is 1. The Labute approximate surface area is 310 Å². The van der Waals surface area contributed by atoms with Crippen LogP contribution in [-0.2, 0) is 22.6 Å². The number of nitrogens with zero attached hydrogens (tertiary/aromatic N) is 4. The number of hydrogen-bond donors (Lipinski definition) is 1. The van der Waals surface area contributed by atoms with Crippen molar-refractivity contribution in [2.45, 2.75) is 65.3 Å². The lowest BCUT2D eigenvalue weighted by Crippen LogP contribution is -2.49. The summed E-state index contributed by atoms with van der Waals surface area (Å²) in [6.07, 6.45) is 2.57. The van der Waals surface area contributed by atoms with Gasteiger partial charge in [0.25, 0.3) is 0 Å². The molecule has 0 saturated carbocycles. The Hall–Kier alpha value is -4.38. The third kappa shape index (κ3) is 8.75. The average molecular weight is 735 g/mol. The van der Waals surface area contributed by atoms with Crippen molar-refractivity contribution in [2.75, 3.05) is 34.4 Å². The molecule has 0 radical (unpaired) electrons. The molecule has 2 aromatic heterocycles. The van der Waals surface area contributed by atoms with Crippen molar-refractivity contribution in [3.63, 3.8) is 0 Å². The smallest absolute Gasteiger partial charge is 0.410 e. The van der Waals surface area contributed by atoms with Gasteiger partial charge >= 0.3 is 6.09 Å². The summed E-state index contributed by atoms with van der Waals surface area (Å²) >= 11 is 14.2. The van der Waals surface area contributed by atoms with E-state index in [1.165, 1.54) is 0 Å². The van der Waals surface area contributed by atoms with Crippen LogP contribution in [0.5, 0.6) is 11.6 Å². The second kappa shape index (κ2) is 16.3. The molecule has 0 aliphatic carbocycles. The Morgan fingerprint density at radius 3 is 2.27 bits per heavy atom. The molecule has 0 spiro atoms. The zero-order chi connectivity index (χ0) is 36.9. The number of carbonyl (C=O) groups excluding carboxylic acids is 2. The van der Waals surface area contributed by atoms with Gasteiger partial charge in [0.05, 0.1) is 42.2 Å². The summed E-state index contributed by atoms with van der Waals surface area (Å²) in [6.45, 7) is 9.13. The Morgan fingerprint density at radius 2 is 1.63 bits per heavy atom. The van der Waals surface area contributed by atoms with Crippen molar-refractivity contribution < 1.29 is 23.8 Å². The number of benzene rings is 2. The molecule has 12 heteroatoms. The molecule has 0 atom stereocenters. The number of aromatic nitrogens is 2.